The quantitative estimate of drug-likeness (QED) is 0.450. The summed E-state index contributed by atoms with van der Waals surface area (Å²) >= 11 is 3.49. The minimum Gasteiger partial charge on any atom is -0.380 e. The second-order valence-corrected chi connectivity index (χ2v) is 5.15. The topological polar surface area (TPSA) is 12.5 Å². The Hall–Kier alpha value is 0.400. The van der Waals surface area contributed by atoms with Crippen molar-refractivity contribution < 1.29 is 4.74 Å². The molecule has 0 aromatic heterocycles. The molecule has 0 amide bonds. The lowest BCUT2D eigenvalue weighted by atomic mass is 10.2. The van der Waals surface area contributed by atoms with Gasteiger partial charge in [0.2, 0.25) is 0 Å². The Morgan fingerprint density at radius 2 is 1.93 bits per heavy atom. The van der Waals surface area contributed by atoms with Crippen LogP contribution < -0.4 is 0 Å². The molecule has 0 radical (unpaired) electrons. The summed E-state index contributed by atoms with van der Waals surface area (Å²) in [7, 11) is 0. The lowest BCUT2D eigenvalue weighted by Crippen LogP contribution is -2.30. The Labute approximate surface area is 103 Å². The van der Waals surface area contributed by atoms with Crippen molar-refractivity contribution in [1.29, 1.82) is 0 Å². The molecular weight excluding hydrogens is 254 g/mol. The van der Waals surface area contributed by atoms with Gasteiger partial charge in [-0.05, 0) is 18.9 Å². The third-order valence-corrected chi connectivity index (χ3v) is 2.59. The summed E-state index contributed by atoms with van der Waals surface area (Å²) in [6.07, 6.45) is 2.56. The van der Waals surface area contributed by atoms with Gasteiger partial charge in [0.25, 0.3) is 0 Å². The number of nitrogens with zero attached hydrogens (tertiary/aromatic N) is 1. The summed E-state index contributed by atoms with van der Waals surface area (Å²) in [6.45, 7) is 11.8. The Kier molecular flexibility index (Phi) is 11.2. The van der Waals surface area contributed by atoms with Crippen molar-refractivity contribution in [2.45, 2.75) is 33.6 Å². The van der Waals surface area contributed by atoms with Crippen LogP contribution in [0.25, 0.3) is 0 Å². The first-order valence-electron chi connectivity index (χ1n) is 6.06. The summed E-state index contributed by atoms with van der Waals surface area (Å²) in [5.41, 5.74) is 0. The zero-order valence-corrected chi connectivity index (χ0v) is 12.1. The number of ether oxygens (including phenoxy) is 1. The third-order valence-electron chi connectivity index (χ3n) is 2.23. The molecule has 0 aromatic rings. The average Bonchev–Trinajstić information content (AvgIpc) is 2.20. The summed E-state index contributed by atoms with van der Waals surface area (Å²) < 4.78 is 5.59. The maximum atomic E-state index is 5.59. The van der Waals surface area contributed by atoms with Crippen molar-refractivity contribution in [2.75, 3.05) is 38.2 Å². The SMILES string of the molecule is CCCCN(CCBr)CCOCC(C)C. The van der Waals surface area contributed by atoms with Crippen LogP contribution in [0.15, 0.2) is 0 Å². The van der Waals surface area contributed by atoms with Gasteiger partial charge in [-0.15, -0.1) is 0 Å². The van der Waals surface area contributed by atoms with E-state index < -0.39 is 0 Å². The van der Waals surface area contributed by atoms with Gasteiger partial charge in [0.15, 0.2) is 0 Å². The Morgan fingerprint density at radius 1 is 1.20 bits per heavy atom. The van der Waals surface area contributed by atoms with E-state index in [9.17, 15) is 0 Å². The highest BCUT2D eigenvalue weighted by Crippen LogP contribution is 1.98. The van der Waals surface area contributed by atoms with E-state index in [1.165, 1.54) is 19.4 Å². The van der Waals surface area contributed by atoms with Crippen molar-refractivity contribution in [3.63, 3.8) is 0 Å². The zero-order valence-electron chi connectivity index (χ0n) is 10.5. The highest BCUT2D eigenvalue weighted by atomic mass is 79.9. The van der Waals surface area contributed by atoms with E-state index in [0.29, 0.717) is 5.92 Å². The predicted molar refractivity (Wildman–Crippen MR) is 70.8 cm³/mol. The lowest BCUT2D eigenvalue weighted by Gasteiger charge is -2.21. The van der Waals surface area contributed by atoms with Gasteiger partial charge >= 0.3 is 0 Å². The van der Waals surface area contributed by atoms with Crippen LogP contribution in [0.4, 0.5) is 0 Å². The largest absolute Gasteiger partial charge is 0.380 e. The first kappa shape index (κ1) is 15.4. The Morgan fingerprint density at radius 3 is 2.47 bits per heavy atom. The van der Waals surface area contributed by atoms with E-state index >= 15 is 0 Å². The van der Waals surface area contributed by atoms with Crippen LogP contribution in [0.1, 0.15) is 33.6 Å². The predicted octanol–water partition coefficient (Wildman–Crippen LogP) is 3.16. The molecule has 0 atom stereocenters. The van der Waals surface area contributed by atoms with Crippen LogP contribution in [-0.2, 0) is 4.74 Å². The fourth-order valence-electron chi connectivity index (χ4n) is 1.35. The van der Waals surface area contributed by atoms with Gasteiger partial charge in [-0.2, -0.15) is 0 Å². The molecule has 0 spiro atoms. The normalized spacial score (nSPS) is 11.6. The van der Waals surface area contributed by atoms with Crippen molar-refractivity contribution >= 4 is 15.9 Å². The molecule has 0 aliphatic rings. The summed E-state index contributed by atoms with van der Waals surface area (Å²) in [6, 6.07) is 0. The van der Waals surface area contributed by atoms with Crippen LogP contribution in [-0.4, -0.2) is 43.1 Å². The Balaban J connectivity index is 3.47. The molecule has 0 unspecified atom stereocenters. The van der Waals surface area contributed by atoms with Gasteiger partial charge in [0.1, 0.15) is 0 Å². The van der Waals surface area contributed by atoms with Crippen LogP contribution in [0, 0.1) is 5.92 Å². The number of alkyl halides is 1. The van der Waals surface area contributed by atoms with E-state index in [1.54, 1.807) is 0 Å². The van der Waals surface area contributed by atoms with Gasteiger partial charge in [0.05, 0.1) is 6.61 Å². The van der Waals surface area contributed by atoms with E-state index in [-0.39, 0.29) is 0 Å². The smallest absolute Gasteiger partial charge is 0.0593 e. The minimum atomic E-state index is 0.644. The van der Waals surface area contributed by atoms with Gasteiger partial charge < -0.3 is 9.64 Å². The van der Waals surface area contributed by atoms with Crippen LogP contribution in [0.3, 0.4) is 0 Å². The van der Waals surface area contributed by atoms with E-state index in [4.69, 9.17) is 4.74 Å². The first-order valence-corrected chi connectivity index (χ1v) is 7.18. The van der Waals surface area contributed by atoms with Gasteiger partial charge in [-0.25, -0.2) is 0 Å². The van der Waals surface area contributed by atoms with Crippen LogP contribution in [0.5, 0.6) is 0 Å². The number of hydrogen-bond donors (Lipinski definition) is 0. The maximum Gasteiger partial charge on any atom is 0.0593 e. The molecule has 0 saturated heterocycles. The van der Waals surface area contributed by atoms with E-state index in [0.717, 1.165) is 31.6 Å². The van der Waals surface area contributed by atoms with Crippen molar-refractivity contribution in [1.82, 2.24) is 4.90 Å². The molecule has 3 heteroatoms. The summed E-state index contributed by atoms with van der Waals surface area (Å²) in [4.78, 5) is 2.47. The molecule has 2 nitrogen and oxygen atoms in total. The highest BCUT2D eigenvalue weighted by molar-refractivity contribution is 9.09. The molecule has 0 heterocycles. The molecule has 0 N–H and O–H groups in total. The molecule has 0 bridgehead atoms. The van der Waals surface area contributed by atoms with Gasteiger partial charge in [-0.3, -0.25) is 0 Å². The molecule has 15 heavy (non-hydrogen) atoms. The highest BCUT2D eigenvalue weighted by Gasteiger charge is 2.03. The first-order chi connectivity index (χ1) is 7.20. The molecule has 0 fully saturated rings. The van der Waals surface area contributed by atoms with Gasteiger partial charge in [-0.1, -0.05) is 43.1 Å². The molecular formula is C12H26BrNO. The van der Waals surface area contributed by atoms with Crippen LogP contribution in [0.2, 0.25) is 0 Å². The maximum absolute atomic E-state index is 5.59. The molecule has 0 aromatic carbocycles. The second kappa shape index (κ2) is 10.9. The average molecular weight is 280 g/mol. The summed E-state index contributed by atoms with van der Waals surface area (Å²) in [5, 5.41) is 1.06. The zero-order chi connectivity index (χ0) is 11.5. The minimum absolute atomic E-state index is 0.644. The second-order valence-electron chi connectivity index (χ2n) is 4.35. The molecule has 0 aliphatic carbocycles. The molecule has 92 valence electrons. The third kappa shape index (κ3) is 10.7. The van der Waals surface area contributed by atoms with Crippen LogP contribution >= 0.6 is 15.9 Å². The van der Waals surface area contributed by atoms with E-state index in [1.807, 2.05) is 0 Å². The van der Waals surface area contributed by atoms with Crippen molar-refractivity contribution in [3.05, 3.63) is 0 Å². The monoisotopic (exact) mass is 279 g/mol. The molecule has 0 rings (SSSR count). The number of halogens is 1. The molecule has 0 aliphatic heterocycles. The fraction of sp³-hybridized carbons (Fsp3) is 1.00. The standard InChI is InChI=1S/C12H26BrNO/c1-4-5-7-14(8-6-13)9-10-15-11-12(2)3/h12H,4-11H2,1-3H3. The number of hydrogen-bond acceptors (Lipinski definition) is 2. The number of rotatable bonds is 10. The lowest BCUT2D eigenvalue weighted by molar-refractivity contribution is 0.0867. The van der Waals surface area contributed by atoms with Gasteiger partial charge in [0, 0.05) is 25.0 Å². The number of unbranched alkanes of at least 4 members (excludes halogenated alkanes) is 1. The van der Waals surface area contributed by atoms with Crippen molar-refractivity contribution in [2.24, 2.45) is 5.92 Å². The molecule has 0 saturated carbocycles. The summed E-state index contributed by atoms with van der Waals surface area (Å²) in [5.74, 6) is 0.644. The van der Waals surface area contributed by atoms with Crippen molar-refractivity contribution in [3.8, 4) is 0 Å². The Bertz CT molecular complexity index is 131. The van der Waals surface area contributed by atoms with E-state index in [2.05, 4.69) is 41.6 Å². The fourth-order valence-corrected chi connectivity index (χ4v) is 1.85.